The van der Waals surface area contributed by atoms with Crippen molar-refractivity contribution in [3.63, 3.8) is 0 Å². The minimum absolute atomic E-state index is 0.0180. The molecule has 1 saturated heterocycles. The predicted molar refractivity (Wildman–Crippen MR) is 138 cm³/mol. The number of oxime groups is 1. The van der Waals surface area contributed by atoms with Gasteiger partial charge in [0.1, 0.15) is 7.11 Å². The van der Waals surface area contributed by atoms with E-state index in [4.69, 9.17) is 4.84 Å². The van der Waals surface area contributed by atoms with E-state index < -0.39 is 12.1 Å². The van der Waals surface area contributed by atoms with Gasteiger partial charge < -0.3 is 30.4 Å². The van der Waals surface area contributed by atoms with Crippen molar-refractivity contribution in [2.75, 3.05) is 20.2 Å². The molecule has 3 aromatic rings. The summed E-state index contributed by atoms with van der Waals surface area (Å²) in [4.78, 5) is 32.6. The molecule has 0 aliphatic carbocycles. The van der Waals surface area contributed by atoms with Crippen LogP contribution < -0.4 is 5.32 Å². The molecule has 9 heteroatoms. The summed E-state index contributed by atoms with van der Waals surface area (Å²) in [5.41, 5.74) is 3.57. The first-order valence-electron chi connectivity index (χ1n) is 11.9. The van der Waals surface area contributed by atoms with Gasteiger partial charge in [0.25, 0.3) is 5.91 Å². The van der Waals surface area contributed by atoms with Gasteiger partial charge in [-0.25, -0.2) is 0 Å². The number of carbonyl (C=O) groups is 2. The van der Waals surface area contributed by atoms with Crippen LogP contribution >= 0.6 is 0 Å². The molecule has 1 heterocycles. The van der Waals surface area contributed by atoms with E-state index in [1.165, 1.54) is 25.3 Å². The number of benzene rings is 3. The van der Waals surface area contributed by atoms with Gasteiger partial charge in [0, 0.05) is 31.0 Å². The van der Waals surface area contributed by atoms with E-state index in [2.05, 4.69) is 10.5 Å². The van der Waals surface area contributed by atoms with Gasteiger partial charge in [-0.15, -0.1) is 0 Å². The first-order valence-corrected chi connectivity index (χ1v) is 11.9. The molecule has 0 saturated carbocycles. The number of aliphatic hydroxyl groups excluding tert-OH is 1. The highest BCUT2D eigenvalue weighted by Gasteiger charge is 2.35. The Hall–Kier alpha value is -4.37. The van der Waals surface area contributed by atoms with E-state index in [1.54, 1.807) is 17.0 Å². The lowest BCUT2D eigenvalue weighted by Crippen LogP contribution is -2.40. The third-order valence-electron chi connectivity index (χ3n) is 6.28. The van der Waals surface area contributed by atoms with Gasteiger partial charge in [0.05, 0.1) is 18.4 Å². The number of carbonyl (C=O) groups excluding carboxylic acids is 2. The van der Waals surface area contributed by atoms with E-state index in [-0.39, 0.29) is 42.8 Å². The number of amides is 2. The van der Waals surface area contributed by atoms with Crippen molar-refractivity contribution in [3.8, 4) is 22.6 Å². The van der Waals surface area contributed by atoms with Crippen LogP contribution in [0.2, 0.25) is 0 Å². The number of nitrogens with zero attached hydrogens (tertiary/aromatic N) is 2. The van der Waals surface area contributed by atoms with Crippen molar-refractivity contribution < 1.29 is 29.7 Å². The second kappa shape index (κ2) is 11.6. The Bertz CT molecular complexity index is 1280. The zero-order chi connectivity index (χ0) is 26.4. The molecule has 2 amide bonds. The van der Waals surface area contributed by atoms with Crippen LogP contribution in [0.4, 0.5) is 0 Å². The van der Waals surface area contributed by atoms with Crippen LogP contribution in [-0.4, -0.2) is 64.0 Å². The van der Waals surface area contributed by atoms with Crippen LogP contribution in [-0.2, 0) is 9.63 Å². The van der Waals surface area contributed by atoms with Crippen LogP contribution in [0.5, 0.6) is 11.5 Å². The van der Waals surface area contributed by atoms with Gasteiger partial charge in [-0.1, -0.05) is 53.7 Å². The predicted octanol–water partition coefficient (Wildman–Crippen LogP) is 3.22. The molecule has 0 spiro atoms. The molecular formula is C28H29N3O6. The summed E-state index contributed by atoms with van der Waals surface area (Å²) >= 11 is 0. The number of phenols is 2. The normalized spacial score (nSPS) is 17.0. The van der Waals surface area contributed by atoms with Crippen molar-refractivity contribution in [2.24, 2.45) is 5.16 Å². The molecule has 1 aliphatic rings. The standard InChI is InChI=1S/C28H29N3O6/c1-37-30-22-14-23(15-27(35)29-16-26(34)21-11-12-24(32)25(33)13-21)31(17-22)28(36)20-9-7-19(8-10-20)18-5-3-2-4-6-18/h2-13,23,26,32-34H,14-17H2,1H3,(H,29,35)/t23-,26?/m0/s1. The Morgan fingerprint density at radius 1 is 1.03 bits per heavy atom. The highest BCUT2D eigenvalue weighted by molar-refractivity contribution is 6.01. The van der Waals surface area contributed by atoms with E-state index >= 15 is 0 Å². The number of likely N-dealkylation sites (tertiary alicyclic amines) is 1. The van der Waals surface area contributed by atoms with Crippen LogP contribution in [0, 0.1) is 0 Å². The molecule has 1 fully saturated rings. The molecule has 2 atom stereocenters. The average molecular weight is 504 g/mol. The molecule has 0 radical (unpaired) electrons. The third-order valence-corrected chi connectivity index (χ3v) is 6.28. The number of rotatable bonds is 8. The fourth-order valence-electron chi connectivity index (χ4n) is 4.35. The zero-order valence-electron chi connectivity index (χ0n) is 20.4. The molecule has 9 nitrogen and oxygen atoms in total. The van der Waals surface area contributed by atoms with Gasteiger partial charge in [0.15, 0.2) is 11.5 Å². The maximum Gasteiger partial charge on any atom is 0.254 e. The van der Waals surface area contributed by atoms with Gasteiger partial charge in [-0.05, 0) is 41.0 Å². The second-order valence-electron chi connectivity index (χ2n) is 8.85. The first-order chi connectivity index (χ1) is 17.9. The molecular weight excluding hydrogens is 474 g/mol. The summed E-state index contributed by atoms with van der Waals surface area (Å²) in [6, 6.07) is 20.7. The summed E-state index contributed by atoms with van der Waals surface area (Å²) in [6.45, 7) is 0.157. The van der Waals surface area contributed by atoms with E-state index in [1.807, 2.05) is 42.5 Å². The van der Waals surface area contributed by atoms with Crippen molar-refractivity contribution in [1.29, 1.82) is 0 Å². The SMILES string of the molecule is CON=C1C[C@@H](CC(=O)NCC(O)c2ccc(O)c(O)c2)N(C(=O)c2ccc(-c3ccccc3)cc2)C1. The average Bonchev–Trinajstić information content (AvgIpc) is 3.31. The molecule has 0 aromatic heterocycles. The maximum absolute atomic E-state index is 13.4. The van der Waals surface area contributed by atoms with Crippen LogP contribution in [0.15, 0.2) is 78.0 Å². The monoisotopic (exact) mass is 503 g/mol. The van der Waals surface area contributed by atoms with Crippen molar-refractivity contribution in [3.05, 3.63) is 83.9 Å². The van der Waals surface area contributed by atoms with E-state index in [9.17, 15) is 24.9 Å². The Labute approximate surface area is 214 Å². The van der Waals surface area contributed by atoms with Crippen molar-refractivity contribution in [2.45, 2.75) is 25.0 Å². The first kappa shape index (κ1) is 25.7. The molecule has 1 aliphatic heterocycles. The zero-order valence-corrected chi connectivity index (χ0v) is 20.4. The minimum atomic E-state index is -1.08. The second-order valence-corrected chi connectivity index (χ2v) is 8.85. The van der Waals surface area contributed by atoms with Crippen molar-refractivity contribution in [1.82, 2.24) is 10.2 Å². The molecule has 1 unspecified atom stereocenters. The van der Waals surface area contributed by atoms with E-state index in [0.29, 0.717) is 23.3 Å². The number of nitrogens with one attached hydrogen (secondary N) is 1. The lowest BCUT2D eigenvalue weighted by atomic mass is 10.0. The summed E-state index contributed by atoms with van der Waals surface area (Å²) in [7, 11) is 1.43. The van der Waals surface area contributed by atoms with Crippen LogP contribution in [0.25, 0.3) is 11.1 Å². The number of phenolic OH excluding ortho intramolecular Hbond substituents is 2. The lowest BCUT2D eigenvalue weighted by Gasteiger charge is -2.24. The topological polar surface area (TPSA) is 132 Å². The number of hydrogen-bond donors (Lipinski definition) is 4. The van der Waals surface area contributed by atoms with Gasteiger partial charge in [0.2, 0.25) is 5.91 Å². The Morgan fingerprint density at radius 2 is 1.73 bits per heavy atom. The van der Waals surface area contributed by atoms with Crippen molar-refractivity contribution >= 4 is 17.5 Å². The Balaban J connectivity index is 1.41. The smallest absolute Gasteiger partial charge is 0.254 e. The molecule has 37 heavy (non-hydrogen) atoms. The fourth-order valence-corrected chi connectivity index (χ4v) is 4.35. The minimum Gasteiger partial charge on any atom is -0.504 e. The van der Waals surface area contributed by atoms with Crippen LogP contribution in [0.1, 0.15) is 34.9 Å². The lowest BCUT2D eigenvalue weighted by molar-refractivity contribution is -0.122. The number of aromatic hydroxyl groups is 2. The van der Waals surface area contributed by atoms with Gasteiger partial charge in [-0.3, -0.25) is 9.59 Å². The quantitative estimate of drug-likeness (QED) is 0.276. The number of hydrogen-bond acceptors (Lipinski definition) is 7. The Morgan fingerprint density at radius 3 is 2.41 bits per heavy atom. The summed E-state index contributed by atoms with van der Waals surface area (Å²) in [5, 5.41) is 36.1. The molecule has 0 bridgehead atoms. The summed E-state index contributed by atoms with van der Waals surface area (Å²) in [6.07, 6.45) is -0.668. The Kier molecular flexibility index (Phi) is 8.05. The third kappa shape index (κ3) is 6.25. The van der Waals surface area contributed by atoms with E-state index in [0.717, 1.165) is 11.1 Å². The highest BCUT2D eigenvalue weighted by Crippen LogP contribution is 2.28. The highest BCUT2D eigenvalue weighted by atomic mass is 16.6. The molecule has 192 valence electrons. The maximum atomic E-state index is 13.4. The summed E-state index contributed by atoms with van der Waals surface area (Å²) < 4.78 is 0. The molecule has 4 N–H and O–H groups in total. The van der Waals surface area contributed by atoms with Gasteiger partial charge >= 0.3 is 0 Å². The molecule has 3 aromatic carbocycles. The van der Waals surface area contributed by atoms with Crippen LogP contribution in [0.3, 0.4) is 0 Å². The molecule has 4 rings (SSSR count). The number of aliphatic hydroxyl groups is 1. The summed E-state index contributed by atoms with van der Waals surface area (Å²) in [5.74, 6) is -1.21. The largest absolute Gasteiger partial charge is 0.504 e. The van der Waals surface area contributed by atoms with Gasteiger partial charge in [-0.2, -0.15) is 0 Å². The fraction of sp³-hybridized carbons (Fsp3) is 0.250.